The van der Waals surface area contributed by atoms with Crippen LogP contribution in [0.3, 0.4) is 0 Å². The Labute approximate surface area is 185 Å². The van der Waals surface area contributed by atoms with Gasteiger partial charge in [-0.25, -0.2) is 4.68 Å². The van der Waals surface area contributed by atoms with Crippen LogP contribution >= 0.6 is 11.6 Å². The number of methoxy groups -OCH3 is 1. The van der Waals surface area contributed by atoms with Crippen molar-refractivity contribution in [2.75, 3.05) is 40.9 Å². The zero-order valence-electron chi connectivity index (χ0n) is 17.7. The number of halogens is 1. The number of likely N-dealkylation sites (tertiary alicyclic amines) is 1. The van der Waals surface area contributed by atoms with E-state index in [1.807, 2.05) is 37.2 Å². The van der Waals surface area contributed by atoms with Gasteiger partial charge in [0.05, 0.1) is 18.8 Å². The normalized spacial score (nSPS) is 18.8. The summed E-state index contributed by atoms with van der Waals surface area (Å²) in [7, 11) is 5.61. The third kappa shape index (κ3) is 4.06. The van der Waals surface area contributed by atoms with Gasteiger partial charge in [-0.15, -0.1) is 5.10 Å². The molecular weight excluding hydrogens is 420 g/mol. The van der Waals surface area contributed by atoms with Crippen LogP contribution in [-0.4, -0.2) is 87.0 Å². The summed E-state index contributed by atoms with van der Waals surface area (Å²) in [5, 5.41) is 20.1. The molecule has 11 heteroatoms. The Morgan fingerprint density at radius 2 is 2.19 bits per heavy atom. The average molecular weight is 445 g/mol. The number of ether oxygens (including phenoxy) is 1. The van der Waals surface area contributed by atoms with Gasteiger partial charge in [-0.1, -0.05) is 23.7 Å². The van der Waals surface area contributed by atoms with Crippen molar-refractivity contribution in [1.29, 1.82) is 0 Å². The molecule has 0 aliphatic carbocycles. The van der Waals surface area contributed by atoms with Gasteiger partial charge in [0.2, 0.25) is 0 Å². The van der Waals surface area contributed by atoms with Crippen LogP contribution in [0, 0.1) is 0 Å². The molecule has 1 aromatic carbocycles. The predicted molar refractivity (Wildman–Crippen MR) is 115 cm³/mol. The molecule has 1 N–H and O–H groups in total. The third-order valence-electron chi connectivity index (χ3n) is 5.78. The lowest BCUT2D eigenvalue weighted by Crippen LogP contribution is -2.47. The SMILES string of the molecule is COCCn1nnnc1C1(N(C)C)CCN(C(=O)c2cc(-c3cccc(Cl)c3)n[nH]2)C1. The summed E-state index contributed by atoms with van der Waals surface area (Å²) in [6, 6.07) is 9.14. The largest absolute Gasteiger partial charge is 0.383 e. The maximum Gasteiger partial charge on any atom is 0.271 e. The van der Waals surface area contributed by atoms with E-state index in [0.29, 0.717) is 49.1 Å². The Morgan fingerprint density at radius 3 is 2.94 bits per heavy atom. The van der Waals surface area contributed by atoms with E-state index >= 15 is 0 Å². The Balaban J connectivity index is 1.56. The Kier molecular flexibility index (Phi) is 6.03. The lowest BCUT2D eigenvalue weighted by atomic mass is 9.96. The second-order valence-electron chi connectivity index (χ2n) is 7.80. The molecule has 2 aromatic heterocycles. The molecule has 10 nitrogen and oxygen atoms in total. The Bertz CT molecular complexity index is 1060. The maximum absolute atomic E-state index is 13.2. The van der Waals surface area contributed by atoms with Gasteiger partial charge < -0.3 is 9.64 Å². The van der Waals surface area contributed by atoms with Gasteiger partial charge in [0, 0.05) is 30.8 Å². The molecule has 1 fully saturated rings. The molecular formula is C20H25ClN8O2. The molecule has 0 spiro atoms. The predicted octanol–water partition coefficient (Wildman–Crippen LogP) is 1.67. The van der Waals surface area contributed by atoms with Gasteiger partial charge in [-0.2, -0.15) is 5.10 Å². The Hall–Kier alpha value is -2.82. The number of likely N-dealkylation sites (N-methyl/N-ethyl adjacent to an activating group) is 1. The van der Waals surface area contributed by atoms with Crippen molar-refractivity contribution in [3.8, 4) is 11.3 Å². The summed E-state index contributed by atoms with van der Waals surface area (Å²) in [6.45, 7) is 2.11. The van der Waals surface area contributed by atoms with Crippen molar-refractivity contribution in [3.63, 3.8) is 0 Å². The maximum atomic E-state index is 13.2. The van der Waals surface area contributed by atoms with Crippen molar-refractivity contribution in [2.24, 2.45) is 0 Å². The summed E-state index contributed by atoms with van der Waals surface area (Å²) < 4.78 is 6.93. The number of benzene rings is 1. The summed E-state index contributed by atoms with van der Waals surface area (Å²) in [5.41, 5.74) is 1.48. The van der Waals surface area contributed by atoms with E-state index in [-0.39, 0.29) is 5.91 Å². The zero-order valence-corrected chi connectivity index (χ0v) is 18.5. The first-order valence-corrected chi connectivity index (χ1v) is 10.4. The van der Waals surface area contributed by atoms with E-state index in [1.165, 1.54) is 0 Å². The van der Waals surface area contributed by atoms with Gasteiger partial charge in [-0.05, 0) is 49.1 Å². The fraction of sp³-hybridized carbons (Fsp3) is 0.450. The fourth-order valence-electron chi connectivity index (χ4n) is 3.98. The first-order chi connectivity index (χ1) is 14.9. The number of hydrogen-bond acceptors (Lipinski definition) is 7. The van der Waals surface area contributed by atoms with Gasteiger partial charge in [0.15, 0.2) is 5.82 Å². The van der Waals surface area contributed by atoms with E-state index < -0.39 is 5.54 Å². The van der Waals surface area contributed by atoms with Crippen LogP contribution in [-0.2, 0) is 16.8 Å². The van der Waals surface area contributed by atoms with Crippen molar-refractivity contribution in [2.45, 2.75) is 18.5 Å². The Morgan fingerprint density at radius 1 is 1.35 bits per heavy atom. The molecule has 1 saturated heterocycles. The number of amides is 1. The highest BCUT2D eigenvalue weighted by atomic mass is 35.5. The first kappa shape index (κ1) is 21.4. The van der Waals surface area contributed by atoms with Crippen LogP contribution in [0.4, 0.5) is 0 Å². The van der Waals surface area contributed by atoms with Gasteiger partial charge in [-0.3, -0.25) is 14.8 Å². The third-order valence-corrected chi connectivity index (χ3v) is 6.01. The molecule has 0 saturated carbocycles. The minimum Gasteiger partial charge on any atom is -0.383 e. The summed E-state index contributed by atoms with van der Waals surface area (Å²) in [5.74, 6) is 0.620. The van der Waals surface area contributed by atoms with Crippen LogP contribution in [0.5, 0.6) is 0 Å². The van der Waals surface area contributed by atoms with Crippen molar-refractivity contribution in [1.82, 2.24) is 40.2 Å². The number of aromatic amines is 1. The number of rotatable bonds is 7. The number of carbonyl (C=O) groups excluding carboxylic acids is 1. The van der Waals surface area contributed by atoms with Crippen LogP contribution in [0.25, 0.3) is 11.3 Å². The average Bonchev–Trinajstić information content (AvgIpc) is 3.51. The molecule has 1 unspecified atom stereocenters. The molecule has 0 radical (unpaired) electrons. The number of H-pyrrole nitrogens is 1. The fourth-order valence-corrected chi connectivity index (χ4v) is 4.17. The first-order valence-electron chi connectivity index (χ1n) is 9.98. The number of aromatic nitrogens is 6. The second-order valence-corrected chi connectivity index (χ2v) is 8.23. The minimum atomic E-state index is -0.483. The molecule has 1 amide bonds. The van der Waals surface area contributed by atoms with E-state index in [1.54, 1.807) is 23.9 Å². The molecule has 4 rings (SSSR count). The molecule has 1 atom stereocenters. The van der Waals surface area contributed by atoms with Crippen molar-refractivity contribution in [3.05, 3.63) is 46.9 Å². The van der Waals surface area contributed by atoms with Crippen LogP contribution in [0.15, 0.2) is 30.3 Å². The second kappa shape index (κ2) is 8.74. The molecule has 1 aliphatic rings. The molecule has 1 aliphatic heterocycles. The van der Waals surface area contributed by atoms with Crippen molar-refractivity contribution >= 4 is 17.5 Å². The number of nitrogens with one attached hydrogen (secondary N) is 1. The highest BCUT2D eigenvalue weighted by molar-refractivity contribution is 6.30. The van der Waals surface area contributed by atoms with E-state index in [0.717, 1.165) is 11.4 Å². The topological polar surface area (TPSA) is 105 Å². The van der Waals surface area contributed by atoms with Crippen molar-refractivity contribution < 1.29 is 9.53 Å². The number of nitrogens with zero attached hydrogens (tertiary/aromatic N) is 7. The van der Waals surface area contributed by atoms with E-state index in [4.69, 9.17) is 16.3 Å². The number of hydrogen-bond donors (Lipinski definition) is 1. The monoisotopic (exact) mass is 444 g/mol. The van der Waals surface area contributed by atoms with Gasteiger partial charge in [0.25, 0.3) is 5.91 Å². The van der Waals surface area contributed by atoms with E-state index in [9.17, 15) is 4.79 Å². The van der Waals surface area contributed by atoms with Gasteiger partial charge >= 0.3 is 0 Å². The standard InChI is InChI=1S/C20H25ClN8O2/c1-27(2)20(19-24-25-26-29(19)9-10-31-3)7-8-28(13-20)18(30)17-12-16(22-23-17)14-5-4-6-15(21)11-14/h4-6,11-12H,7-10,13H2,1-3H3,(H,22,23). The quantitative estimate of drug-likeness (QED) is 0.590. The number of carbonyl (C=O) groups is 1. The molecule has 164 valence electrons. The lowest BCUT2D eigenvalue weighted by Gasteiger charge is -2.34. The summed E-state index contributed by atoms with van der Waals surface area (Å²) >= 11 is 6.08. The lowest BCUT2D eigenvalue weighted by molar-refractivity contribution is 0.0731. The smallest absolute Gasteiger partial charge is 0.271 e. The highest BCUT2D eigenvalue weighted by Gasteiger charge is 2.47. The summed E-state index contributed by atoms with van der Waals surface area (Å²) in [6.07, 6.45) is 0.717. The van der Waals surface area contributed by atoms with Crippen LogP contribution in [0.2, 0.25) is 5.02 Å². The van der Waals surface area contributed by atoms with Crippen LogP contribution in [0.1, 0.15) is 22.7 Å². The molecule has 3 aromatic rings. The molecule has 3 heterocycles. The molecule has 0 bridgehead atoms. The van der Waals surface area contributed by atoms with E-state index in [2.05, 4.69) is 30.6 Å². The minimum absolute atomic E-state index is 0.111. The zero-order chi connectivity index (χ0) is 22.0. The summed E-state index contributed by atoms with van der Waals surface area (Å²) in [4.78, 5) is 17.1. The highest BCUT2D eigenvalue weighted by Crippen LogP contribution is 2.35. The molecule has 31 heavy (non-hydrogen) atoms. The number of tetrazole rings is 1. The van der Waals surface area contributed by atoms with Gasteiger partial charge in [0.1, 0.15) is 11.2 Å². The van der Waals surface area contributed by atoms with Crippen LogP contribution < -0.4 is 0 Å².